The van der Waals surface area contributed by atoms with Crippen LogP contribution in [-0.4, -0.2) is 58.8 Å². The number of benzene rings is 1. The Bertz CT molecular complexity index is 886. The molecule has 2 aromatic rings. The molecule has 1 aromatic heterocycles. The van der Waals surface area contributed by atoms with Gasteiger partial charge in [0.1, 0.15) is 12.4 Å². The Balaban J connectivity index is 0.00000341. The summed E-state index contributed by atoms with van der Waals surface area (Å²) in [5, 5.41) is 5.26. The molecule has 6 nitrogen and oxygen atoms in total. The maximum Gasteiger partial charge on any atom is 0.242 e. The molecule has 9 heteroatoms. The first-order chi connectivity index (χ1) is 14.2. The van der Waals surface area contributed by atoms with Gasteiger partial charge in [-0.2, -0.15) is 5.10 Å². The van der Waals surface area contributed by atoms with E-state index in [2.05, 4.69) is 18.7 Å². The number of aromatic nitrogens is 2. The molecular weight excluding hydrogens is 459 g/mol. The van der Waals surface area contributed by atoms with Crippen molar-refractivity contribution in [3.8, 4) is 5.75 Å². The first kappa shape index (κ1) is 25.8. The lowest BCUT2D eigenvalue weighted by Gasteiger charge is -2.33. The third-order valence-corrected chi connectivity index (χ3v) is 5.34. The summed E-state index contributed by atoms with van der Waals surface area (Å²) in [5.74, 6) is 2.07. The second kappa shape index (κ2) is 11.4. The monoisotopic (exact) mass is 488 g/mol. The summed E-state index contributed by atoms with van der Waals surface area (Å²) in [6.45, 7) is 12.0. The minimum absolute atomic E-state index is 0. The quantitative estimate of drug-likeness (QED) is 0.508. The lowest BCUT2D eigenvalue weighted by atomic mass is 10.2. The number of carbonyl (C=O) groups excluding carboxylic acids is 1. The standard InChI is InChI=1S/C22H30Cl2N4O2.ClH/c1-15(2)11-26-7-8-27(22(29)13-26)21-9-17(4)28(25-21)12-18-10-19(24)5-6-20(18)30-14-16(3)23;/h5-6,9-10,15-16H,7-8,11-14H2,1-4H3;1H. The summed E-state index contributed by atoms with van der Waals surface area (Å²) < 4.78 is 7.73. The van der Waals surface area contributed by atoms with Crippen molar-refractivity contribution in [1.82, 2.24) is 14.7 Å². The summed E-state index contributed by atoms with van der Waals surface area (Å²) in [4.78, 5) is 16.7. The van der Waals surface area contributed by atoms with Crippen LogP contribution in [0.1, 0.15) is 32.0 Å². The highest BCUT2D eigenvalue weighted by Gasteiger charge is 2.27. The van der Waals surface area contributed by atoms with E-state index in [1.807, 2.05) is 36.7 Å². The maximum atomic E-state index is 12.7. The van der Waals surface area contributed by atoms with Crippen LogP contribution in [0.3, 0.4) is 0 Å². The number of piperazine rings is 1. The Morgan fingerprint density at radius 3 is 2.58 bits per heavy atom. The largest absolute Gasteiger partial charge is 0.492 e. The molecular formula is C22H31Cl3N4O2. The fraction of sp³-hybridized carbons (Fsp3) is 0.545. The fourth-order valence-electron chi connectivity index (χ4n) is 3.60. The lowest BCUT2D eigenvalue weighted by Crippen LogP contribution is -2.51. The number of alkyl halides is 1. The predicted octanol–water partition coefficient (Wildman–Crippen LogP) is 4.63. The molecule has 1 aliphatic heterocycles. The molecule has 2 heterocycles. The molecule has 1 unspecified atom stereocenters. The zero-order chi connectivity index (χ0) is 21.8. The molecule has 0 aliphatic carbocycles. The second-order valence-corrected chi connectivity index (χ2v) is 9.50. The molecule has 1 saturated heterocycles. The van der Waals surface area contributed by atoms with Crippen LogP contribution >= 0.6 is 35.6 Å². The van der Waals surface area contributed by atoms with E-state index in [0.29, 0.717) is 43.0 Å². The number of carbonyl (C=O) groups is 1. The molecule has 1 fully saturated rings. The lowest BCUT2D eigenvalue weighted by molar-refractivity contribution is -0.121. The number of anilines is 1. The molecule has 1 atom stereocenters. The first-order valence-electron chi connectivity index (χ1n) is 10.4. The van der Waals surface area contributed by atoms with Gasteiger partial charge in [0.15, 0.2) is 5.82 Å². The Kier molecular flexibility index (Phi) is 9.49. The zero-order valence-corrected chi connectivity index (χ0v) is 20.8. The summed E-state index contributed by atoms with van der Waals surface area (Å²) in [6.07, 6.45) is 0. The van der Waals surface area contributed by atoms with Gasteiger partial charge >= 0.3 is 0 Å². The minimum atomic E-state index is -0.0908. The molecule has 0 N–H and O–H groups in total. The second-order valence-electron chi connectivity index (χ2n) is 8.32. The number of aryl methyl sites for hydroxylation is 1. The molecule has 3 rings (SSSR count). The van der Waals surface area contributed by atoms with Crippen LogP contribution in [0.5, 0.6) is 5.75 Å². The van der Waals surface area contributed by atoms with E-state index >= 15 is 0 Å². The van der Waals surface area contributed by atoms with Gasteiger partial charge in [0.25, 0.3) is 0 Å². The highest BCUT2D eigenvalue weighted by atomic mass is 35.5. The Morgan fingerprint density at radius 2 is 1.94 bits per heavy atom. The molecule has 0 spiro atoms. The minimum Gasteiger partial charge on any atom is -0.492 e. The Morgan fingerprint density at radius 1 is 1.19 bits per heavy atom. The fourth-order valence-corrected chi connectivity index (χ4v) is 3.86. The van der Waals surface area contributed by atoms with E-state index in [9.17, 15) is 4.79 Å². The number of nitrogens with zero attached hydrogens (tertiary/aromatic N) is 4. The number of hydrogen-bond donors (Lipinski definition) is 0. The van der Waals surface area contributed by atoms with Crippen molar-refractivity contribution in [2.24, 2.45) is 5.92 Å². The molecule has 172 valence electrons. The van der Waals surface area contributed by atoms with Crippen molar-refractivity contribution in [2.45, 2.75) is 39.6 Å². The number of halogens is 3. The predicted molar refractivity (Wildman–Crippen MR) is 129 cm³/mol. The van der Waals surface area contributed by atoms with Crippen LogP contribution < -0.4 is 9.64 Å². The van der Waals surface area contributed by atoms with Crippen molar-refractivity contribution in [3.63, 3.8) is 0 Å². The normalized spacial score (nSPS) is 15.8. The van der Waals surface area contributed by atoms with E-state index in [0.717, 1.165) is 30.1 Å². The van der Waals surface area contributed by atoms with E-state index in [1.54, 1.807) is 11.0 Å². The summed E-state index contributed by atoms with van der Waals surface area (Å²) >= 11 is 12.2. The molecule has 0 bridgehead atoms. The summed E-state index contributed by atoms with van der Waals surface area (Å²) in [7, 11) is 0. The van der Waals surface area contributed by atoms with Crippen LogP contribution in [0.15, 0.2) is 24.3 Å². The third-order valence-electron chi connectivity index (χ3n) is 4.98. The van der Waals surface area contributed by atoms with Gasteiger partial charge in [-0.05, 0) is 38.0 Å². The average molecular weight is 490 g/mol. The highest BCUT2D eigenvalue weighted by Crippen LogP contribution is 2.26. The van der Waals surface area contributed by atoms with Gasteiger partial charge < -0.3 is 4.74 Å². The summed E-state index contributed by atoms with van der Waals surface area (Å²) in [5.41, 5.74) is 1.89. The number of amides is 1. The van der Waals surface area contributed by atoms with Crippen molar-refractivity contribution in [2.75, 3.05) is 37.7 Å². The van der Waals surface area contributed by atoms with Crippen molar-refractivity contribution in [1.29, 1.82) is 0 Å². The van der Waals surface area contributed by atoms with Gasteiger partial charge in [-0.3, -0.25) is 19.3 Å². The molecule has 1 aliphatic rings. The van der Waals surface area contributed by atoms with Gasteiger partial charge in [0, 0.05) is 42.0 Å². The van der Waals surface area contributed by atoms with Crippen LogP contribution in [0.4, 0.5) is 5.82 Å². The summed E-state index contributed by atoms with van der Waals surface area (Å²) in [6, 6.07) is 7.50. The van der Waals surface area contributed by atoms with Gasteiger partial charge in [-0.15, -0.1) is 24.0 Å². The van der Waals surface area contributed by atoms with Crippen LogP contribution in [0.25, 0.3) is 0 Å². The highest BCUT2D eigenvalue weighted by molar-refractivity contribution is 6.30. The Labute approximate surface area is 200 Å². The van der Waals surface area contributed by atoms with Crippen LogP contribution in [-0.2, 0) is 11.3 Å². The van der Waals surface area contributed by atoms with Gasteiger partial charge in [-0.25, -0.2) is 0 Å². The van der Waals surface area contributed by atoms with Gasteiger partial charge in [-0.1, -0.05) is 25.4 Å². The molecule has 0 radical (unpaired) electrons. The molecule has 0 saturated carbocycles. The SMILES string of the molecule is Cc1cc(N2CCN(CC(C)C)CC2=O)nn1Cc1cc(Cl)ccc1OCC(C)Cl.Cl. The zero-order valence-electron chi connectivity index (χ0n) is 18.5. The number of rotatable bonds is 8. The molecule has 1 aromatic carbocycles. The van der Waals surface area contributed by atoms with E-state index in [4.69, 9.17) is 33.0 Å². The van der Waals surface area contributed by atoms with E-state index in [1.165, 1.54) is 0 Å². The maximum absolute atomic E-state index is 12.7. The van der Waals surface area contributed by atoms with Gasteiger partial charge in [0.2, 0.25) is 5.91 Å². The average Bonchev–Trinajstić information content (AvgIpc) is 3.00. The smallest absolute Gasteiger partial charge is 0.242 e. The first-order valence-corrected chi connectivity index (χ1v) is 11.2. The Hall–Kier alpha value is -1.47. The van der Waals surface area contributed by atoms with E-state index in [-0.39, 0.29) is 23.7 Å². The van der Waals surface area contributed by atoms with Gasteiger partial charge in [0.05, 0.1) is 18.5 Å². The van der Waals surface area contributed by atoms with Crippen molar-refractivity contribution < 1.29 is 9.53 Å². The third kappa shape index (κ3) is 7.01. The van der Waals surface area contributed by atoms with E-state index < -0.39 is 0 Å². The van der Waals surface area contributed by atoms with Crippen LogP contribution in [0.2, 0.25) is 5.02 Å². The topological polar surface area (TPSA) is 50.6 Å². The van der Waals surface area contributed by atoms with Crippen molar-refractivity contribution in [3.05, 3.63) is 40.5 Å². The molecule has 1 amide bonds. The molecule has 31 heavy (non-hydrogen) atoms. The van der Waals surface area contributed by atoms with Crippen molar-refractivity contribution >= 4 is 47.3 Å². The van der Waals surface area contributed by atoms with Crippen LogP contribution in [0, 0.1) is 12.8 Å². The number of ether oxygens (including phenoxy) is 1. The number of hydrogen-bond acceptors (Lipinski definition) is 4.